The lowest BCUT2D eigenvalue weighted by molar-refractivity contribution is 0.241. The van der Waals surface area contributed by atoms with E-state index in [1.807, 2.05) is 24.3 Å². The van der Waals surface area contributed by atoms with Gasteiger partial charge in [-0.25, -0.2) is 0 Å². The van der Waals surface area contributed by atoms with E-state index in [1.165, 1.54) is 0 Å². The van der Waals surface area contributed by atoms with E-state index in [-0.39, 0.29) is 6.10 Å². The smallest absolute Gasteiger partial charge is 0.257 e. The second-order valence-electron chi connectivity index (χ2n) is 3.05. The molecule has 1 aromatic rings. The van der Waals surface area contributed by atoms with Gasteiger partial charge in [0.2, 0.25) is 0 Å². The van der Waals surface area contributed by atoms with Gasteiger partial charge in [-0.15, -0.1) is 0 Å². The summed E-state index contributed by atoms with van der Waals surface area (Å²) in [7, 11) is 1.65. The molecular formula is C10H11NO2S. The van der Waals surface area contributed by atoms with Gasteiger partial charge in [-0.05, 0) is 29.9 Å². The van der Waals surface area contributed by atoms with Crippen LogP contribution in [0, 0.1) is 0 Å². The molecule has 2 rings (SSSR count). The molecule has 0 aromatic heterocycles. The van der Waals surface area contributed by atoms with Crippen molar-refractivity contribution in [3.8, 4) is 5.75 Å². The Morgan fingerprint density at radius 3 is 2.64 bits per heavy atom. The highest BCUT2D eigenvalue weighted by Crippen LogP contribution is 2.22. The highest BCUT2D eigenvalue weighted by molar-refractivity contribution is 7.80. The average Bonchev–Trinajstić information content (AvgIpc) is 2.65. The van der Waals surface area contributed by atoms with Crippen LogP contribution < -0.4 is 10.1 Å². The summed E-state index contributed by atoms with van der Waals surface area (Å²) >= 11 is 4.89. The van der Waals surface area contributed by atoms with E-state index in [1.54, 1.807) is 7.11 Å². The predicted molar refractivity (Wildman–Crippen MR) is 57.4 cm³/mol. The number of methoxy groups -OCH3 is 1. The fourth-order valence-electron chi connectivity index (χ4n) is 1.39. The molecule has 3 nitrogen and oxygen atoms in total. The first-order valence-corrected chi connectivity index (χ1v) is 4.79. The quantitative estimate of drug-likeness (QED) is 0.750. The van der Waals surface area contributed by atoms with Crippen LogP contribution in [-0.4, -0.2) is 18.8 Å². The molecule has 1 heterocycles. The molecule has 1 aromatic carbocycles. The largest absolute Gasteiger partial charge is 0.497 e. The summed E-state index contributed by atoms with van der Waals surface area (Å²) in [5.41, 5.74) is 1.11. The predicted octanol–water partition coefficient (Wildman–Crippen LogP) is 1.64. The molecule has 4 heteroatoms. The molecule has 1 N–H and O–H groups in total. The third-order valence-electron chi connectivity index (χ3n) is 2.17. The Kier molecular flexibility index (Phi) is 2.54. The van der Waals surface area contributed by atoms with Crippen molar-refractivity contribution in [2.75, 3.05) is 13.7 Å². The summed E-state index contributed by atoms with van der Waals surface area (Å²) in [5.74, 6) is 0.849. The molecule has 0 aliphatic carbocycles. The van der Waals surface area contributed by atoms with E-state index in [9.17, 15) is 0 Å². The molecule has 0 spiro atoms. The SMILES string of the molecule is COc1ccc([C@@H]2CNC(=S)O2)cc1. The molecule has 74 valence electrons. The molecule has 1 aliphatic rings. The molecule has 1 aliphatic heterocycles. The first-order valence-electron chi connectivity index (χ1n) is 4.38. The van der Waals surface area contributed by atoms with Crippen LogP contribution in [0.3, 0.4) is 0 Å². The average molecular weight is 209 g/mol. The van der Waals surface area contributed by atoms with Gasteiger partial charge in [-0.3, -0.25) is 0 Å². The van der Waals surface area contributed by atoms with E-state index in [0.29, 0.717) is 5.17 Å². The second-order valence-corrected chi connectivity index (χ2v) is 3.42. The van der Waals surface area contributed by atoms with Crippen molar-refractivity contribution in [1.29, 1.82) is 0 Å². The summed E-state index contributed by atoms with van der Waals surface area (Å²) in [6.07, 6.45) is 0.0356. The minimum Gasteiger partial charge on any atom is -0.497 e. The topological polar surface area (TPSA) is 30.5 Å². The summed E-state index contributed by atoms with van der Waals surface area (Å²) < 4.78 is 10.5. The zero-order valence-corrected chi connectivity index (χ0v) is 8.64. The van der Waals surface area contributed by atoms with Crippen molar-refractivity contribution in [1.82, 2.24) is 5.32 Å². The van der Waals surface area contributed by atoms with E-state index < -0.39 is 0 Å². The molecule has 0 unspecified atom stereocenters. The van der Waals surface area contributed by atoms with Gasteiger partial charge < -0.3 is 14.8 Å². The monoisotopic (exact) mass is 209 g/mol. The Bertz CT molecular complexity index is 336. The van der Waals surface area contributed by atoms with Crippen molar-refractivity contribution in [2.24, 2.45) is 0 Å². The van der Waals surface area contributed by atoms with Crippen molar-refractivity contribution < 1.29 is 9.47 Å². The van der Waals surface area contributed by atoms with Gasteiger partial charge in [0.1, 0.15) is 11.9 Å². The molecule has 1 saturated heterocycles. The van der Waals surface area contributed by atoms with E-state index >= 15 is 0 Å². The molecule has 0 saturated carbocycles. The minimum atomic E-state index is 0.0356. The number of ether oxygens (including phenoxy) is 2. The second kappa shape index (κ2) is 3.84. The first kappa shape index (κ1) is 9.27. The molecule has 0 amide bonds. The Morgan fingerprint density at radius 1 is 1.43 bits per heavy atom. The van der Waals surface area contributed by atoms with Crippen molar-refractivity contribution in [2.45, 2.75) is 6.10 Å². The molecule has 1 atom stereocenters. The van der Waals surface area contributed by atoms with Crippen LogP contribution in [0.25, 0.3) is 0 Å². The van der Waals surface area contributed by atoms with E-state index in [4.69, 9.17) is 21.7 Å². The van der Waals surface area contributed by atoms with E-state index in [0.717, 1.165) is 17.9 Å². The Labute approximate surface area is 88.0 Å². The maximum atomic E-state index is 5.40. The summed E-state index contributed by atoms with van der Waals surface area (Å²) in [5, 5.41) is 3.45. The van der Waals surface area contributed by atoms with Crippen molar-refractivity contribution in [3.05, 3.63) is 29.8 Å². The minimum absolute atomic E-state index is 0.0356. The van der Waals surface area contributed by atoms with Gasteiger partial charge in [-0.1, -0.05) is 12.1 Å². The van der Waals surface area contributed by atoms with Crippen LogP contribution in [0.1, 0.15) is 11.7 Å². The number of hydrogen-bond acceptors (Lipinski definition) is 3. The van der Waals surface area contributed by atoms with Gasteiger partial charge in [-0.2, -0.15) is 0 Å². The lowest BCUT2D eigenvalue weighted by Gasteiger charge is -2.08. The highest BCUT2D eigenvalue weighted by Gasteiger charge is 2.21. The third kappa shape index (κ3) is 1.80. The Morgan fingerprint density at radius 2 is 2.14 bits per heavy atom. The molecule has 0 radical (unpaired) electrons. The third-order valence-corrected chi connectivity index (χ3v) is 2.41. The van der Waals surface area contributed by atoms with Crippen molar-refractivity contribution >= 4 is 17.4 Å². The molecular weight excluding hydrogens is 198 g/mol. The van der Waals surface area contributed by atoms with Crippen LogP contribution >= 0.6 is 12.2 Å². The number of nitrogens with one attached hydrogen (secondary N) is 1. The molecule has 1 fully saturated rings. The van der Waals surface area contributed by atoms with E-state index in [2.05, 4.69) is 5.32 Å². The van der Waals surface area contributed by atoms with Crippen LogP contribution in [0.2, 0.25) is 0 Å². The van der Waals surface area contributed by atoms with Gasteiger partial charge in [0.05, 0.1) is 13.7 Å². The van der Waals surface area contributed by atoms with Gasteiger partial charge in [0.15, 0.2) is 0 Å². The maximum Gasteiger partial charge on any atom is 0.257 e. The first-order chi connectivity index (χ1) is 6.79. The normalized spacial score (nSPS) is 20.1. The zero-order valence-electron chi connectivity index (χ0n) is 7.82. The van der Waals surface area contributed by atoms with Crippen LogP contribution in [0.15, 0.2) is 24.3 Å². The van der Waals surface area contributed by atoms with Gasteiger partial charge >= 0.3 is 0 Å². The summed E-state index contributed by atoms with van der Waals surface area (Å²) in [6.45, 7) is 0.741. The number of thiocarbonyl (C=S) groups is 1. The molecule has 0 bridgehead atoms. The van der Waals surface area contributed by atoms with Gasteiger partial charge in [0, 0.05) is 0 Å². The molecule has 14 heavy (non-hydrogen) atoms. The summed E-state index contributed by atoms with van der Waals surface area (Å²) in [6, 6.07) is 7.80. The van der Waals surface area contributed by atoms with Crippen molar-refractivity contribution in [3.63, 3.8) is 0 Å². The lowest BCUT2D eigenvalue weighted by atomic mass is 10.1. The summed E-state index contributed by atoms with van der Waals surface area (Å²) in [4.78, 5) is 0. The van der Waals surface area contributed by atoms with Crippen LogP contribution in [0.5, 0.6) is 5.75 Å². The fraction of sp³-hybridized carbons (Fsp3) is 0.300. The Hall–Kier alpha value is -1.29. The van der Waals surface area contributed by atoms with Crippen LogP contribution in [-0.2, 0) is 4.74 Å². The number of benzene rings is 1. The standard InChI is InChI=1S/C10H11NO2S/c1-12-8-4-2-7(3-5-8)9-6-11-10(14)13-9/h2-5,9H,6H2,1H3,(H,11,14)/t9-/m0/s1. The van der Waals surface area contributed by atoms with Gasteiger partial charge in [0.25, 0.3) is 5.17 Å². The lowest BCUT2D eigenvalue weighted by Crippen LogP contribution is -2.12. The number of rotatable bonds is 2. The van der Waals surface area contributed by atoms with Crippen LogP contribution in [0.4, 0.5) is 0 Å². The zero-order chi connectivity index (χ0) is 9.97. The fourth-order valence-corrected chi connectivity index (χ4v) is 1.59. The number of hydrogen-bond donors (Lipinski definition) is 1. The highest BCUT2D eigenvalue weighted by atomic mass is 32.1. The Balaban J connectivity index is 2.13. The maximum absolute atomic E-state index is 5.40.